The molecule has 2 aromatic rings. The molecule has 0 bridgehead atoms. The zero-order chi connectivity index (χ0) is 11.4. The Balaban J connectivity index is 2.41. The molecule has 0 fully saturated rings. The summed E-state index contributed by atoms with van der Waals surface area (Å²) in [6, 6.07) is 7.55. The molecule has 1 heterocycles. The van der Waals surface area contributed by atoms with E-state index < -0.39 is 6.04 Å². The minimum absolute atomic E-state index is 0.335. The van der Waals surface area contributed by atoms with Gasteiger partial charge >= 0.3 is 0 Å². The van der Waals surface area contributed by atoms with Gasteiger partial charge in [-0.15, -0.1) is 0 Å². The summed E-state index contributed by atoms with van der Waals surface area (Å²) in [7, 11) is 0. The standard InChI is InChI=1S/C11H11FN4/c12-9-5-2-1-4-8(9)10(16-13)11-14-6-3-7-15-11/h1-7,10,16H,13H2. The molecular weight excluding hydrogens is 207 g/mol. The highest BCUT2D eigenvalue weighted by atomic mass is 19.1. The van der Waals surface area contributed by atoms with E-state index in [1.165, 1.54) is 6.07 Å². The van der Waals surface area contributed by atoms with Crippen molar-refractivity contribution in [3.63, 3.8) is 0 Å². The molecular formula is C11H11FN4. The number of hydrogen-bond donors (Lipinski definition) is 2. The van der Waals surface area contributed by atoms with Crippen LogP contribution in [-0.2, 0) is 0 Å². The zero-order valence-corrected chi connectivity index (χ0v) is 8.47. The normalized spacial score (nSPS) is 12.4. The minimum Gasteiger partial charge on any atom is -0.270 e. The van der Waals surface area contributed by atoms with Crippen molar-refractivity contribution in [1.82, 2.24) is 15.4 Å². The molecule has 0 saturated carbocycles. The average Bonchev–Trinajstić information content (AvgIpc) is 2.34. The monoisotopic (exact) mass is 218 g/mol. The lowest BCUT2D eigenvalue weighted by molar-refractivity contribution is 0.544. The van der Waals surface area contributed by atoms with Crippen LogP contribution in [0.5, 0.6) is 0 Å². The number of nitrogens with zero attached hydrogens (tertiary/aromatic N) is 2. The van der Waals surface area contributed by atoms with Crippen LogP contribution in [0.25, 0.3) is 0 Å². The molecule has 5 heteroatoms. The van der Waals surface area contributed by atoms with E-state index in [1.54, 1.807) is 36.7 Å². The third-order valence-electron chi connectivity index (χ3n) is 2.23. The van der Waals surface area contributed by atoms with Crippen LogP contribution in [0.2, 0.25) is 0 Å². The van der Waals surface area contributed by atoms with E-state index in [9.17, 15) is 4.39 Å². The predicted octanol–water partition coefficient (Wildman–Crippen LogP) is 1.17. The van der Waals surface area contributed by atoms with Crippen molar-refractivity contribution >= 4 is 0 Å². The van der Waals surface area contributed by atoms with E-state index in [0.717, 1.165) is 0 Å². The molecule has 4 nitrogen and oxygen atoms in total. The van der Waals surface area contributed by atoms with Crippen molar-refractivity contribution in [3.05, 3.63) is 59.9 Å². The molecule has 0 spiro atoms. The van der Waals surface area contributed by atoms with Crippen LogP contribution in [0.15, 0.2) is 42.7 Å². The van der Waals surface area contributed by atoms with E-state index in [4.69, 9.17) is 5.84 Å². The molecule has 1 atom stereocenters. The van der Waals surface area contributed by atoms with Gasteiger partial charge in [0.05, 0.1) is 0 Å². The number of halogens is 1. The molecule has 1 aromatic heterocycles. The first-order valence-electron chi connectivity index (χ1n) is 4.80. The molecule has 0 radical (unpaired) electrons. The molecule has 0 amide bonds. The van der Waals surface area contributed by atoms with Gasteiger partial charge in [-0.2, -0.15) is 0 Å². The highest BCUT2D eigenvalue weighted by Gasteiger charge is 2.17. The summed E-state index contributed by atoms with van der Waals surface area (Å²) >= 11 is 0. The fourth-order valence-corrected chi connectivity index (χ4v) is 1.47. The maximum Gasteiger partial charge on any atom is 0.151 e. The topological polar surface area (TPSA) is 63.8 Å². The van der Waals surface area contributed by atoms with Crippen molar-refractivity contribution in [3.8, 4) is 0 Å². The average molecular weight is 218 g/mol. The summed E-state index contributed by atoms with van der Waals surface area (Å²) in [4.78, 5) is 8.09. The molecule has 0 aliphatic heterocycles. The number of benzene rings is 1. The largest absolute Gasteiger partial charge is 0.270 e. The Hall–Kier alpha value is -1.85. The minimum atomic E-state index is -0.539. The molecule has 82 valence electrons. The third-order valence-corrected chi connectivity index (χ3v) is 2.23. The molecule has 0 aliphatic carbocycles. The van der Waals surface area contributed by atoms with Gasteiger partial charge in [0.1, 0.15) is 11.9 Å². The van der Waals surface area contributed by atoms with Crippen LogP contribution in [0.1, 0.15) is 17.4 Å². The number of nitrogens with one attached hydrogen (secondary N) is 1. The Kier molecular flexibility index (Phi) is 3.19. The molecule has 2 rings (SSSR count). The van der Waals surface area contributed by atoms with E-state index in [2.05, 4.69) is 15.4 Å². The van der Waals surface area contributed by atoms with Crippen LogP contribution in [0, 0.1) is 5.82 Å². The Morgan fingerprint density at radius 1 is 1.12 bits per heavy atom. The second kappa shape index (κ2) is 4.78. The second-order valence-corrected chi connectivity index (χ2v) is 3.23. The van der Waals surface area contributed by atoms with Gasteiger partial charge in [-0.1, -0.05) is 18.2 Å². The van der Waals surface area contributed by atoms with E-state index >= 15 is 0 Å². The second-order valence-electron chi connectivity index (χ2n) is 3.23. The van der Waals surface area contributed by atoms with E-state index in [-0.39, 0.29) is 5.82 Å². The van der Waals surface area contributed by atoms with Gasteiger partial charge in [0.25, 0.3) is 0 Å². The first-order valence-corrected chi connectivity index (χ1v) is 4.80. The Morgan fingerprint density at radius 2 is 1.81 bits per heavy atom. The van der Waals surface area contributed by atoms with Crippen molar-refractivity contribution in [2.75, 3.05) is 0 Å². The number of rotatable bonds is 3. The summed E-state index contributed by atoms with van der Waals surface area (Å²) in [6.45, 7) is 0. The highest BCUT2D eigenvalue weighted by molar-refractivity contribution is 5.25. The lowest BCUT2D eigenvalue weighted by Crippen LogP contribution is -2.30. The van der Waals surface area contributed by atoms with Crippen LogP contribution in [0.4, 0.5) is 4.39 Å². The van der Waals surface area contributed by atoms with Crippen molar-refractivity contribution in [2.45, 2.75) is 6.04 Å². The molecule has 0 saturated heterocycles. The maximum atomic E-state index is 13.6. The van der Waals surface area contributed by atoms with Gasteiger partial charge in [-0.25, -0.2) is 19.8 Å². The van der Waals surface area contributed by atoms with Crippen molar-refractivity contribution in [1.29, 1.82) is 0 Å². The molecule has 1 aromatic carbocycles. The van der Waals surface area contributed by atoms with Gasteiger partial charge in [-0.3, -0.25) is 5.84 Å². The summed E-state index contributed by atoms with van der Waals surface area (Å²) < 4.78 is 13.6. The van der Waals surface area contributed by atoms with Gasteiger partial charge in [0, 0.05) is 18.0 Å². The Bertz CT molecular complexity index is 461. The van der Waals surface area contributed by atoms with Crippen LogP contribution >= 0.6 is 0 Å². The first-order chi connectivity index (χ1) is 7.83. The third kappa shape index (κ3) is 2.05. The van der Waals surface area contributed by atoms with E-state index in [1.807, 2.05) is 0 Å². The lowest BCUT2D eigenvalue weighted by atomic mass is 10.1. The number of hydrogen-bond acceptors (Lipinski definition) is 4. The molecule has 3 N–H and O–H groups in total. The summed E-state index contributed by atoms with van der Waals surface area (Å²) in [6.07, 6.45) is 3.18. The van der Waals surface area contributed by atoms with Crippen LogP contribution in [-0.4, -0.2) is 9.97 Å². The molecule has 16 heavy (non-hydrogen) atoms. The number of hydrazine groups is 1. The lowest BCUT2D eigenvalue weighted by Gasteiger charge is -2.14. The van der Waals surface area contributed by atoms with Crippen LogP contribution in [0.3, 0.4) is 0 Å². The van der Waals surface area contributed by atoms with Crippen molar-refractivity contribution in [2.24, 2.45) is 5.84 Å². The molecule has 0 aliphatic rings. The maximum absolute atomic E-state index is 13.6. The van der Waals surface area contributed by atoms with Gasteiger partial charge in [0.15, 0.2) is 5.82 Å². The zero-order valence-electron chi connectivity index (χ0n) is 8.47. The van der Waals surface area contributed by atoms with Gasteiger partial charge in [0.2, 0.25) is 0 Å². The summed E-state index contributed by atoms with van der Waals surface area (Å²) in [5.41, 5.74) is 2.94. The quantitative estimate of drug-likeness (QED) is 0.599. The number of aromatic nitrogens is 2. The van der Waals surface area contributed by atoms with Crippen molar-refractivity contribution < 1.29 is 4.39 Å². The SMILES string of the molecule is NNC(c1ncccn1)c1ccccc1F. The van der Waals surface area contributed by atoms with Crippen LogP contribution < -0.4 is 11.3 Å². The first kappa shape index (κ1) is 10.7. The highest BCUT2D eigenvalue weighted by Crippen LogP contribution is 2.20. The van der Waals surface area contributed by atoms with Gasteiger partial charge in [-0.05, 0) is 12.1 Å². The molecule has 1 unspecified atom stereocenters. The smallest absolute Gasteiger partial charge is 0.151 e. The summed E-state index contributed by atoms with van der Waals surface area (Å²) in [5.74, 6) is 5.51. The van der Waals surface area contributed by atoms with E-state index in [0.29, 0.717) is 11.4 Å². The fourth-order valence-electron chi connectivity index (χ4n) is 1.47. The Labute approximate surface area is 92.3 Å². The summed E-state index contributed by atoms with van der Waals surface area (Å²) in [5, 5.41) is 0. The fraction of sp³-hybridized carbons (Fsp3) is 0.0909. The predicted molar refractivity (Wildman–Crippen MR) is 57.6 cm³/mol. The van der Waals surface area contributed by atoms with Gasteiger partial charge < -0.3 is 0 Å². The Morgan fingerprint density at radius 3 is 2.44 bits per heavy atom. The number of nitrogens with two attached hydrogens (primary N) is 1.